The van der Waals surface area contributed by atoms with Gasteiger partial charge in [0.1, 0.15) is 12.4 Å². The number of nitrogens with one attached hydrogen (secondary N) is 2. The molecule has 1 saturated heterocycles. The Balaban J connectivity index is 1.32. The minimum absolute atomic E-state index is 0.0103. The number of methoxy groups -OCH3 is 1. The van der Waals surface area contributed by atoms with Crippen molar-refractivity contribution < 1.29 is 19.3 Å². The number of anilines is 4. The fraction of sp³-hybridized carbons (Fsp3) is 0.320. The van der Waals surface area contributed by atoms with Crippen molar-refractivity contribution in [2.75, 3.05) is 62.1 Å². The lowest BCUT2D eigenvalue weighted by Crippen LogP contribution is -2.44. The van der Waals surface area contributed by atoms with E-state index in [9.17, 15) is 5.11 Å². The third-order valence-corrected chi connectivity index (χ3v) is 6.30. The molecule has 2 aliphatic heterocycles. The van der Waals surface area contributed by atoms with Gasteiger partial charge in [-0.1, -0.05) is 0 Å². The summed E-state index contributed by atoms with van der Waals surface area (Å²) in [5, 5.41) is 16.2. The van der Waals surface area contributed by atoms with Gasteiger partial charge in [0.2, 0.25) is 5.88 Å². The average molecular weight is 490 g/mol. The molecule has 0 spiro atoms. The quantitative estimate of drug-likeness (QED) is 0.373. The van der Waals surface area contributed by atoms with Crippen molar-refractivity contribution in [2.24, 2.45) is 0 Å². The monoisotopic (exact) mass is 489 g/mol. The maximum atomic E-state index is 9.50. The third-order valence-electron chi connectivity index (χ3n) is 6.30. The number of aliphatic hydroxyl groups excluding tert-OH is 1. The number of rotatable bonds is 6. The van der Waals surface area contributed by atoms with Crippen molar-refractivity contribution in [1.29, 1.82) is 0 Å². The lowest BCUT2D eigenvalue weighted by Gasteiger charge is -2.34. The van der Waals surface area contributed by atoms with Crippen LogP contribution in [0.3, 0.4) is 0 Å². The number of benzene rings is 1. The maximum Gasteiger partial charge on any atom is 0.237 e. The summed E-state index contributed by atoms with van der Waals surface area (Å²) < 4.78 is 18.8. The van der Waals surface area contributed by atoms with E-state index in [4.69, 9.17) is 19.2 Å². The van der Waals surface area contributed by atoms with E-state index in [-0.39, 0.29) is 12.7 Å². The van der Waals surface area contributed by atoms with E-state index in [0.717, 1.165) is 47.2 Å². The van der Waals surface area contributed by atoms with Crippen molar-refractivity contribution in [2.45, 2.75) is 6.10 Å². The third kappa shape index (κ3) is 4.23. The van der Waals surface area contributed by atoms with Crippen LogP contribution in [0.1, 0.15) is 0 Å². The summed E-state index contributed by atoms with van der Waals surface area (Å²) in [4.78, 5) is 16.0. The number of nitrogens with zero attached hydrogens (tertiary/aromatic N) is 5. The predicted molar refractivity (Wildman–Crippen MR) is 136 cm³/mol. The van der Waals surface area contributed by atoms with Gasteiger partial charge in [0.25, 0.3) is 0 Å². The number of ether oxygens (including phenoxy) is 3. The van der Waals surface area contributed by atoms with Gasteiger partial charge in [-0.05, 0) is 18.2 Å². The molecule has 0 bridgehead atoms. The first-order valence-corrected chi connectivity index (χ1v) is 11.8. The predicted octanol–water partition coefficient (Wildman–Crippen LogP) is 2.55. The molecule has 2 aliphatic rings. The van der Waals surface area contributed by atoms with E-state index < -0.39 is 0 Å². The molecule has 186 valence electrons. The van der Waals surface area contributed by atoms with E-state index >= 15 is 0 Å². The lowest BCUT2D eigenvalue weighted by molar-refractivity contribution is 0.00347. The fourth-order valence-electron chi connectivity index (χ4n) is 4.52. The van der Waals surface area contributed by atoms with E-state index in [1.54, 1.807) is 19.5 Å². The second-order valence-corrected chi connectivity index (χ2v) is 8.62. The smallest absolute Gasteiger partial charge is 0.237 e. The molecular formula is C25H27N7O4. The number of pyridine rings is 1. The molecule has 1 fully saturated rings. The van der Waals surface area contributed by atoms with Crippen LogP contribution in [-0.2, 0) is 4.74 Å². The molecule has 6 rings (SSSR count). The summed E-state index contributed by atoms with van der Waals surface area (Å²) >= 11 is 0. The van der Waals surface area contributed by atoms with Gasteiger partial charge < -0.3 is 39.3 Å². The van der Waals surface area contributed by atoms with Gasteiger partial charge in [-0.2, -0.15) is 0 Å². The Labute approximate surface area is 207 Å². The molecule has 1 aromatic carbocycles. The average Bonchev–Trinajstić information content (AvgIpc) is 3.42. The molecule has 0 saturated carbocycles. The largest absolute Gasteiger partial charge is 0.495 e. The molecule has 0 aliphatic carbocycles. The highest BCUT2D eigenvalue weighted by Gasteiger charge is 2.23. The molecule has 5 heterocycles. The van der Waals surface area contributed by atoms with Crippen LogP contribution in [0.15, 0.2) is 49.1 Å². The molecule has 0 radical (unpaired) electrons. The zero-order chi connectivity index (χ0) is 24.5. The lowest BCUT2D eigenvalue weighted by atomic mass is 10.2. The Kier molecular flexibility index (Phi) is 5.91. The number of aliphatic hydroxyl groups is 1. The summed E-state index contributed by atoms with van der Waals surface area (Å²) in [5.41, 5.74) is 4.94. The van der Waals surface area contributed by atoms with Gasteiger partial charge in [-0.25, -0.2) is 15.0 Å². The molecule has 1 atom stereocenters. The van der Waals surface area contributed by atoms with Crippen LogP contribution in [0.2, 0.25) is 0 Å². The van der Waals surface area contributed by atoms with E-state index in [0.29, 0.717) is 37.1 Å². The Bertz CT molecular complexity index is 1390. The summed E-state index contributed by atoms with van der Waals surface area (Å²) in [6.45, 7) is 3.22. The molecule has 0 amide bonds. The van der Waals surface area contributed by atoms with Gasteiger partial charge in [0.15, 0.2) is 11.5 Å². The van der Waals surface area contributed by atoms with Gasteiger partial charge >= 0.3 is 0 Å². The van der Waals surface area contributed by atoms with Gasteiger partial charge in [-0.3, -0.25) is 0 Å². The SMILES string of the molecule is COc1cc(Nc2nc(-c3cnc4c(c3)NCCO4)cn3ccnc23)ccc1N1CCO[C@@H](CO)C1. The highest BCUT2D eigenvalue weighted by atomic mass is 16.5. The van der Waals surface area contributed by atoms with Gasteiger partial charge in [0.05, 0.1) is 43.5 Å². The Morgan fingerprint density at radius 2 is 2.19 bits per heavy atom. The second kappa shape index (κ2) is 9.51. The first-order valence-electron chi connectivity index (χ1n) is 11.8. The number of hydrogen-bond acceptors (Lipinski definition) is 10. The minimum Gasteiger partial charge on any atom is -0.495 e. The molecule has 3 aromatic heterocycles. The van der Waals surface area contributed by atoms with Crippen molar-refractivity contribution in [3.8, 4) is 22.9 Å². The molecule has 4 aromatic rings. The van der Waals surface area contributed by atoms with E-state index in [1.807, 2.05) is 41.1 Å². The molecule has 3 N–H and O–H groups in total. The number of imidazole rings is 1. The summed E-state index contributed by atoms with van der Waals surface area (Å²) in [5.74, 6) is 1.94. The van der Waals surface area contributed by atoms with E-state index in [2.05, 4.69) is 25.5 Å². The topological polar surface area (TPSA) is 118 Å². The Hall–Kier alpha value is -4.09. The highest BCUT2D eigenvalue weighted by Crippen LogP contribution is 2.35. The summed E-state index contributed by atoms with van der Waals surface area (Å²) in [6, 6.07) is 7.92. The first-order chi connectivity index (χ1) is 17.7. The fourth-order valence-corrected chi connectivity index (χ4v) is 4.52. The standard InChI is InChI=1S/C25H27N7O4/c1-34-22-11-17(2-3-21(22)31-7-9-35-18(13-31)15-33)29-23-24-27-4-6-32(24)14-20(30-23)16-10-19-25(28-12-16)36-8-5-26-19/h2-4,6,10-12,14,18,26,33H,5,7-9,13,15H2,1H3,(H,29,30)/t18-/m1/s1. The van der Waals surface area contributed by atoms with Crippen LogP contribution >= 0.6 is 0 Å². The van der Waals surface area contributed by atoms with Crippen molar-refractivity contribution in [3.05, 3.63) is 49.1 Å². The zero-order valence-electron chi connectivity index (χ0n) is 19.8. The van der Waals surface area contributed by atoms with Crippen LogP contribution in [-0.4, -0.2) is 77.1 Å². The van der Waals surface area contributed by atoms with Crippen LogP contribution in [0.25, 0.3) is 16.9 Å². The highest BCUT2D eigenvalue weighted by molar-refractivity contribution is 5.77. The van der Waals surface area contributed by atoms with Crippen molar-refractivity contribution in [1.82, 2.24) is 19.4 Å². The molecule has 11 nitrogen and oxygen atoms in total. The number of aromatic nitrogens is 4. The van der Waals surface area contributed by atoms with Gasteiger partial charge in [0, 0.05) is 61.7 Å². The molecule has 0 unspecified atom stereocenters. The van der Waals surface area contributed by atoms with E-state index in [1.165, 1.54) is 0 Å². The summed E-state index contributed by atoms with van der Waals surface area (Å²) in [7, 11) is 1.65. The zero-order valence-corrected chi connectivity index (χ0v) is 19.8. The van der Waals surface area contributed by atoms with Crippen LogP contribution < -0.4 is 25.0 Å². The maximum absolute atomic E-state index is 9.50. The van der Waals surface area contributed by atoms with Crippen molar-refractivity contribution >= 4 is 28.5 Å². The van der Waals surface area contributed by atoms with Gasteiger partial charge in [-0.15, -0.1) is 0 Å². The molecule has 11 heteroatoms. The molecule has 36 heavy (non-hydrogen) atoms. The van der Waals surface area contributed by atoms with Crippen LogP contribution in [0.4, 0.5) is 22.9 Å². The minimum atomic E-state index is -0.207. The second-order valence-electron chi connectivity index (χ2n) is 8.62. The Morgan fingerprint density at radius 1 is 1.25 bits per heavy atom. The van der Waals surface area contributed by atoms with Crippen LogP contribution in [0.5, 0.6) is 11.6 Å². The van der Waals surface area contributed by atoms with Crippen molar-refractivity contribution in [3.63, 3.8) is 0 Å². The first kappa shape index (κ1) is 22.4. The normalized spacial score (nSPS) is 17.3. The number of morpholine rings is 1. The number of fused-ring (bicyclic) bond motifs is 2. The van der Waals surface area contributed by atoms with Crippen LogP contribution in [0, 0.1) is 0 Å². The summed E-state index contributed by atoms with van der Waals surface area (Å²) in [6.07, 6.45) is 7.12. The number of hydrogen-bond donors (Lipinski definition) is 3. The Morgan fingerprint density at radius 3 is 3.08 bits per heavy atom. The molecular weight excluding hydrogens is 462 g/mol.